The zero-order valence-corrected chi connectivity index (χ0v) is 45.7. The van der Waals surface area contributed by atoms with Gasteiger partial charge in [-0.25, -0.2) is 15.0 Å². The maximum atomic E-state index is 12.2. The summed E-state index contributed by atoms with van der Waals surface area (Å²) in [5.74, 6) is 2.46. The summed E-state index contributed by atoms with van der Waals surface area (Å²) in [4.78, 5) is 38.5. The molecule has 0 bridgehead atoms. The van der Waals surface area contributed by atoms with Crippen molar-refractivity contribution in [2.45, 2.75) is 87.7 Å². The van der Waals surface area contributed by atoms with E-state index in [1.165, 1.54) is 0 Å². The lowest BCUT2D eigenvalue weighted by Gasteiger charge is -2.29. The van der Waals surface area contributed by atoms with Gasteiger partial charge >= 0.3 is 0 Å². The number of aromatic nitrogens is 13. The number of nitrogen functional groups attached to an aromatic ring is 3. The molecule has 3 fully saturated rings. The topological polar surface area (TPSA) is 340 Å². The van der Waals surface area contributed by atoms with Gasteiger partial charge in [0.1, 0.15) is 17.5 Å². The van der Waals surface area contributed by atoms with Gasteiger partial charge in [-0.15, -0.1) is 0 Å². The third-order valence-corrected chi connectivity index (χ3v) is 14.9. The zero-order valence-electron chi connectivity index (χ0n) is 45.7. The van der Waals surface area contributed by atoms with Crippen LogP contribution in [0.2, 0.25) is 0 Å². The number of carbonyl (C=O) groups excluding carboxylic acids is 2. The lowest BCUT2D eigenvalue weighted by Crippen LogP contribution is -2.48. The predicted molar refractivity (Wildman–Crippen MR) is 301 cm³/mol. The average molecular weight is 1080 g/mol. The van der Waals surface area contributed by atoms with Crippen LogP contribution in [0.1, 0.15) is 92.3 Å². The number of aliphatic hydroxyl groups is 1. The molecular formula is C53H74N22O4. The van der Waals surface area contributed by atoms with Crippen molar-refractivity contribution in [2.75, 3.05) is 77.8 Å². The van der Waals surface area contributed by atoms with Crippen molar-refractivity contribution < 1.29 is 19.4 Å². The molecule has 420 valence electrons. The van der Waals surface area contributed by atoms with E-state index in [2.05, 4.69) is 57.4 Å². The Labute approximate surface area is 457 Å². The molecule has 3 aliphatic heterocycles. The van der Waals surface area contributed by atoms with Crippen molar-refractivity contribution in [1.82, 2.24) is 95.3 Å². The van der Waals surface area contributed by atoms with Crippen LogP contribution >= 0.6 is 0 Å². The molecule has 2 amide bonds. The Morgan fingerprint density at radius 1 is 0.671 bits per heavy atom. The van der Waals surface area contributed by atoms with Crippen LogP contribution in [-0.4, -0.2) is 159 Å². The molecule has 11 heterocycles. The summed E-state index contributed by atoms with van der Waals surface area (Å²) in [5, 5.41) is 49.1. The molecule has 6 atom stereocenters. The number of ether oxygens (including phenoxy) is 1. The normalized spacial score (nSPS) is 20.6. The number of nitrogens with one attached hydrogen (secondary N) is 6. The van der Waals surface area contributed by atoms with E-state index in [0.29, 0.717) is 61.1 Å². The molecule has 0 aliphatic carbocycles. The third-order valence-electron chi connectivity index (χ3n) is 14.9. The number of amides is 2. The van der Waals surface area contributed by atoms with Crippen LogP contribution in [0.4, 0.5) is 17.5 Å². The summed E-state index contributed by atoms with van der Waals surface area (Å²) in [7, 11) is 9.02. The fraction of sp³-hybridized carbons (Fsp3) is 0.472. The van der Waals surface area contributed by atoms with E-state index in [1.54, 1.807) is 61.9 Å². The lowest BCUT2D eigenvalue weighted by atomic mass is 9.91. The number of piperidine rings is 3. The maximum Gasteiger partial charge on any atom is 0.237 e. The van der Waals surface area contributed by atoms with Gasteiger partial charge in [-0.05, 0) is 63.6 Å². The minimum absolute atomic E-state index is 0.0190. The van der Waals surface area contributed by atoms with Crippen molar-refractivity contribution in [2.24, 2.45) is 14.1 Å². The summed E-state index contributed by atoms with van der Waals surface area (Å²) in [5.41, 5.74) is 29.5. The first kappa shape index (κ1) is 55.7. The van der Waals surface area contributed by atoms with Crippen LogP contribution < -0.4 is 49.1 Å². The standard InChI is InChI=1S/C19H26N8O2.C17H23N7O.C17H25N7O/c1-26-11-13(9-23-26)14-10-24-27-17(20)7-16(25-18(14)27)12-3-4-15(22-8-12)19(29)21-5-2-6-28;1-23-9-12(7-20-23)14-8-21-24-16(18)5-15(22-17(14)24)11-3-4-13(10-25-2)19-6-11;1-10(7-19-2)12-9-22-24-15(18)6-14(23-16(12)24)11-4-5-13(21-8-11)17(25)20-3/h7,9-12,15,22,28H,2-6,8,20H2,1H3,(H,21,29);5,7-9,11,13,19H,3-4,6,10,18H2,1-2H3;6-7,9,11,13,19,21H,4-5,8,18H2,1-3H3,(H,20,25)/b;;10-7+/t12-,15-;2*11-,13-/m000/s1. The number of carbonyl (C=O) groups is 2. The van der Waals surface area contributed by atoms with E-state index < -0.39 is 0 Å². The number of aliphatic hydroxyl groups excluding tert-OH is 1. The van der Waals surface area contributed by atoms with E-state index in [0.717, 1.165) is 113 Å². The molecule has 8 aromatic heterocycles. The highest BCUT2D eigenvalue weighted by Crippen LogP contribution is 2.33. The fourth-order valence-electron chi connectivity index (χ4n) is 10.5. The summed E-state index contributed by atoms with van der Waals surface area (Å²) >= 11 is 0. The first-order valence-corrected chi connectivity index (χ1v) is 26.8. The Balaban J connectivity index is 0.000000144. The summed E-state index contributed by atoms with van der Waals surface area (Å²) in [6.07, 6.45) is 20.7. The minimum atomic E-state index is -0.216. The van der Waals surface area contributed by atoms with Gasteiger partial charge in [0, 0.05) is 150 Å². The quantitative estimate of drug-likeness (QED) is 0.0693. The molecule has 11 rings (SSSR count). The fourth-order valence-corrected chi connectivity index (χ4v) is 10.5. The molecule has 0 unspecified atom stereocenters. The number of likely N-dealkylation sites (N-methyl/N-ethyl adjacent to an activating group) is 1. The number of fused-ring (bicyclic) bond motifs is 3. The van der Waals surface area contributed by atoms with E-state index >= 15 is 0 Å². The van der Waals surface area contributed by atoms with Gasteiger partial charge in [-0.2, -0.15) is 39.0 Å². The number of allylic oxidation sites excluding steroid dienone is 1. The number of methoxy groups -OCH3 is 1. The second-order valence-corrected chi connectivity index (χ2v) is 20.4. The number of anilines is 3. The molecule has 0 saturated carbocycles. The van der Waals surface area contributed by atoms with Crippen LogP contribution in [-0.2, 0) is 28.4 Å². The predicted octanol–water partition coefficient (Wildman–Crippen LogP) is 1.71. The van der Waals surface area contributed by atoms with Crippen LogP contribution in [0, 0.1) is 0 Å². The molecule has 0 aromatic carbocycles. The van der Waals surface area contributed by atoms with Crippen molar-refractivity contribution in [1.29, 1.82) is 0 Å². The summed E-state index contributed by atoms with van der Waals surface area (Å²) in [6.45, 7) is 5.55. The molecule has 26 nitrogen and oxygen atoms in total. The van der Waals surface area contributed by atoms with Crippen LogP contribution in [0.3, 0.4) is 0 Å². The highest BCUT2D eigenvalue weighted by molar-refractivity contribution is 5.82. The molecule has 3 aliphatic rings. The van der Waals surface area contributed by atoms with Crippen molar-refractivity contribution in [3.8, 4) is 22.3 Å². The van der Waals surface area contributed by atoms with Gasteiger partial charge in [0.2, 0.25) is 11.8 Å². The van der Waals surface area contributed by atoms with Gasteiger partial charge in [-0.1, -0.05) is 0 Å². The first-order valence-electron chi connectivity index (χ1n) is 26.8. The molecule has 26 heteroatoms. The Bertz CT molecular complexity index is 3390. The SMILES string of the molecule is CN/C=C(\C)c1cnn2c(N)cc([C@H]3CC[C@@H](C(=O)NC)NC3)nc12.COC[C@@H]1CC[C@H](c2cc(N)n3ncc(-c4cnn(C)c4)c3n2)CN1.Cn1cc(-c2cnn3c(N)cc([C@H]4CC[C@@H](C(=O)NCCCO)NC4)nc23)cn1. The molecule has 8 aromatic rings. The van der Waals surface area contributed by atoms with E-state index in [4.69, 9.17) is 42.0 Å². The number of rotatable bonds is 14. The smallest absolute Gasteiger partial charge is 0.237 e. The van der Waals surface area contributed by atoms with Crippen LogP contribution in [0.5, 0.6) is 0 Å². The van der Waals surface area contributed by atoms with Gasteiger partial charge in [0.15, 0.2) is 16.9 Å². The number of nitrogens with two attached hydrogens (primary N) is 3. The van der Waals surface area contributed by atoms with Crippen LogP contribution in [0.15, 0.2) is 67.8 Å². The van der Waals surface area contributed by atoms with Gasteiger partial charge in [0.25, 0.3) is 0 Å². The maximum absolute atomic E-state index is 12.2. The van der Waals surface area contributed by atoms with Crippen molar-refractivity contribution in [3.05, 3.63) is 90.4 Å². The van der Waals surface area contributed by atoms with Crippen molar-refractivity contribution >= 4 is 51.8 Å². The van der Waals surface area contributed by atoms with Gasteiger partial charge in [-0.3, -0.25) is 19.0 Å². The molecular weight excluding hydrogens is 1010 g/mol. The molecule has 79 heavy (non-hydrogen) atoms. The Kier molecular flexibility index (Phi) is 17.8. The second-order valence-electron chi connectivity index (χ2n) is 20.4. The Morgan fingerprint density at radius 3 is 1.58 bits per heavy atom. The monoisotopic (exact) mass is 1080 g/mol. The number of hydrogen-bond acceptors (Lipinski definition) is 19. The third kappa shape index (κ3) is 12.6. The molecule has 0 spiro atoms. The van der Waals surface area contributed by atoms with E-state index in [-0.39, 0.29) is 42.3 Å². The molecule has 0 radical (unpaired) electrons. The Morgan fingerprint density at radius 2 is 1.15 bits per heavy atom. The number of nitrogens with zero attached hydrogens (tertiary/aromatic N) is 13. The molecule has 13 N–H and O–H groups in total. The van der Waals surface area contributed by atoms with Gasteiger partial charge in [0.05, 0.1) is 66.8 Å². The van der Waals surface area contributed by atoms with Gasteiger partial charge < -0.3 is 58.9 Å². The first-order chi connectivity index (χ1) is 38.3. The number of aryl methyl sites for hydroxylation is 2. The van der Waals surface area contributed by atoms with E-state index in [1.807, 2.05) is 71.1 Å². The summed E-state index contributed by atoms with van der Waals surface area (Å²) in [6, 6.07) is 5.76. The zero-order chi connectivity index (χ0) is 55.7. The van der Waals surface area contributed by atoms with Crippen LogP contribution in [0.25, 0.3) is 44.8 Å². The van der Waals surface area contributed by atoms with Crippen molar-refractivity contribution in [3.63, 3.8) is 0 Å². The minimum Gasteiger partial charge on any atom is -0.396 e. The molecule has 3 saturated heterocycles. The lowest BCUT2D eigenvalue weighted by molar-refractivity contribution is -0.124. The Hall–Kier alpha value is -8.04. The van der Waals surface area contributed by atoms with E-state index in [9.17, 15) is 9.59 Å². The highest BCUT2D eigenvalue weighted by Gasteiger charge is 2.30. The average Bonchev–Trinajstić information content (AvgIpc) is 4.45. The summed E-state index contributed by atoms with van der Waals surface area (Å²) < 4.78 is 13.7. The second kappa shape index (κ2) is 25.2. The number of hydrogen-bond donors (Lipinski definition) is 10. The largest absolute Gasteiger partial charge is 0.396 e. The highest BCUT2D eigenvalue weighted by atomic mass is 16.5.